The summed E-state index contributed by atoms with van der Waals surface area (Å²) in [4.78, 5) is 17.0. The number of halogens is 4. The Balaban J connectivity index is 0.00000190. The summed E-state index contributed by atoms with van der Waals surface area (Å²) < 4.78 is 32.9. The third-order valence-electron chi connectivity index (χ3n) is 6.99. The second-order valence-corrected chi connectivity index (χ2v) is 9.18. The summed E-state index contributed by atoms with van der Waals surface area (Å²) in [7, 11) is 0. The molecule has 0 bridgehead atoms. The standard InChI is InChI=1S/C28H29F2N3O2.2ClH/c29-23-10-6-21(7-11-23)27(22-8-12-24(30)13-9-22)26-17-31-16-25-18-32(14-15-33(25)26)28(34)35-19-20-4-2-1-3-5-20;;/h1-13,25-27,31H,14-19H2;2*1H/t25-,26+;;/m1../s1. The maximum absolute atomic E-state index is 13.7. The Morgan fingerprint density at radius 1 is 0.865 bits per heavy atom. The van der Waals surface area contributed by atoms with Gasteiger partial charge in [-0.25, -0.2) is 13.6 Å². The van der Waals surface area contributed by atoms with Gasteiger partial charge in [0, 0.05) is 50.7 Å². The van der Waals surface area contributed by atoms with Crippen LogP contribution in [0.4, 0.5) is 13.6 Å². The van der Waals surface area contributed by atoms with Crippen molar-refractivity contribution in [1.82, 2.24) is 15.1 Å². The largest absolute Gasteiger partial charge is 0.445 e. The fourth-order valence-corrected chi connectivity index (χ4v) is 5.27. The lowest BCUT2D eigenvalue weighted by Crippen LogP contribution is -2.66. The Hall–Kier alpha value is -2.71. The van der Waals surface area contributed by atoms with Crippen molar-refractivity contribution in [1.29, 1.82) is 0 Å². The molecule has 1 amide bonds. The average molecular weight is 550 g/mol. The van der Waals surface area contributed by atoms with E-state index in [2.05, 4.69) is 10.2 Å². The van der Waals surface area contributed by atoms with Crippen molar-refractivity contribution in [2.75, 3.05) is 32.7 Å². The first kappa shape index (κ1) is 28.9. The highest BCUT2D eigenvalue weighted by Gasteiger charge is 2.40. The van der Waals surface area contributed by atoms with Crippen LogP contribution in [-0.4, -0.2) is 60.7 Å². The molecule has 0 saturated carbocycles. The molecule has 37 heavy (non-hydrogen) atoms. The van der Waals surface area contributed by atoms with Crippen LogP contribution in [0.5, 0.6) is 0 Å². The molecule has 2 saturated heterocycles. The van der Waals surface area contributed by atoms with Crippen molar-refractivity contribution >= 4 is 30.9 Å². The zero-order valence-corrected chi connectivity index (χ0v) is 21.9. The third kappa shape index (κ3) is 6.79. The van der Waals surface area contributed by atoms with E-state index in [-0.39, 0.29) is 67.2 Å². The second-order valence-electron chi connectivity index (χ2n) is 9.18. The normalized spacial score (nSPS) is 19.4. The molecule has 2 fully saturated rings. The van der Waals surface area contributed by atoms with Crippen molar-refractivity contribution in [3.63, 3.8) is 0 Å². The Kier molecular flexibility index (Phi) is 10.3. The molecule has 0 unspecified atom stereocenters. The van der Waals surface area contributed by atoms with Crippen LogP contribution >= 0.6 is 24.8 Å². The van der Waals surface area contributed by atoms with Crippen LogP contribution in [0.25, 0.3) is 0 Å². The van der Waals surface area contributed by atoms with Crippen molar-refractivity contribution in [2.24, 2.45) is 0 Å². The van der Waals surface area contributed by atoms with E-state index in [4.69, 9.17) is 4.74 Å². The quantitative estimate of drug-likeness (QED) is 0.473. The average Bonchev–Trinajstić information content (AvgIpc) is 2.90. The number of benzene rings is 3. The highest BCUT2D eigenvalue weighted by atomic mass is 35.5. The summed E-state index contributed by atoms with van der Waals surface area (Å²) in [5, 5.41) is 3.53. The molecule has 9 heteroatoms. The predicted molar refractivity (Wildman–Crippen MR) is 144 cm³/mol. The fraction of sp³-hybridized carbons (Fsp3) is 0.321. The number of amides is 1. The molecule has 1 N–H and O–H groups in total. The van der Waals surface area contributed by atoms with E-state index in [0.717, 1.165) is 29.8 Å². The van der Waals surface area contributed by atoms with Gasteiger partial charge in [0.15, 0.2) is 0 Å². The molecule has 2 heterocycles. The number of hydrogen-bond acceptors (Lipinski definition) is 4. The van der Waals surface area contributed by atoms with Crippen LogP contribution in [0.1, 0.15) is 22.6 Å². The van der Waals surface area contributed by atoms with Gasteiger partial charge in [-0.1, -0.05) is 54.6 Å². The second kappa shape index (κ2) is 13.2. The molecule has 3 aromatic rings. The number of carbonyl (C=O) groups is 1. The van der Waals surface area contributed by atoms with Crippen LogP contribution in [0, 0.1) is 11.6 Å². The summed E-state index contributed by atoms with van der Waals surface area (Å²) in [5.74, 6) is -0.633. The molecule has 0 radical (unpaired) electrons. The van der Waals surface area contributed by atoms with E-state index in [0.29, 0.717) is 19.6 Å². The first-order chi connectivity index (χ1) is 17.1. The van der Waals surface area contributed by atoms with E-state index in [1.165, 1.54) is 24.3 Å². The molecule has 5 rings (SSSR count). The van der Waals surface area contributed by atoms with Crippen molar-refractivity contribution in [3.8, 4) is 0 Å². The predicted octanol–water partition coefficient (Wildman–Crippen LogP) is 5.24. The summed E-state index contributed by atoms with van der Waals surface area (Å²) in [6, 6.07) is 23.0. The highest BCUT2D eigenvalue weighted by molar-refractivity contribution is 5.85. The molecule has 5 nitrogen and oxygen atoms in total. The smallest absolute Gasteiger partial charge is 0.410 e. The molecular weight excluding hydrogens is 519 g/mol. The van der Waals surface area contributed by atoms with Gasteiger partial charge in [0.05, 0.1) is 0 Å². The summed E-state index contributed by atoms with van der Waals surface area (Å²) in [5.41, 5.74) is 2.92. The van der Waals surface area contributed by atoms with Crippen LogP contribution < -0.4 is 5.32 Å². The van der Waals surface area contributed by atoms with Gasteiger partial charge < -0.3 is 15.0 Å². The van der Waals surface area contributed by atoms with Gasteiger partial charge in [0.2, 0.25) is 0 Å². The zero-order chi connectivity index (χ0) is 24.2. The zero-order valence-electron chi connectivity index (χ0n) is 20.3. The third-order valence-corrected chi connectivity index (χ3v) is 6.99. The van der Waals surface area contributed by atoms with E-state index in [9.17, 15) is 13.6 Å². The highest BCUT2D eigenvalue weighted by Crippen LogP contribution is 2.34. The lowest BCUT2D eigenvalue weighted by atomic mass is 9.82. The van der Waals surface area contributed by atoms with Gasteiger partial charge in [-0.05, 0) is 41.0 Å². The topological polar surface area (TPSA) is 44.8 Å². The molecule has 2 aliphatic rings. The molecule has 0 aliphatic carbocycles. The van der Waals surface area contributed by atoms with Crippen LogP contribution in [0.3, 0.4) is 0 Å². The van der Waals surface area contributed by atoms with Crippen LogP contribution in [0.15, 0.2) is 78.9 Å². The SMILES string of the molecule is Cl.Cl.O=C(OCc1ccccc1)N1CCN2[C@H](CNC[C@H]2C(c2ccc(F)cc2)c2ccc(F)cc2)C1. The lowest BCUT2D eigenvalue weighted by Gasteiger charge is -2.50. The first-order valence-electron chi connectivity index (χ1n) is 12.0. The molecule has 3 aromatic carbocycles. The number of ether oxygens (including phenoxy) is 1. The van der Waals surface area contributed by atoms with Crippen molar-refractivity contribution < 1.29 is 18.3 Å². The number of nitrogens with one attached hydrogen (secondary N) is 1. The summed E-state index contributed by atoms with van der Waals surface area (Å²) in [6.07, 6.45) is -0.302. The van der Waals surface area contributed by atoms with E-state index in [1.807, 2.05) is 54.6 Å². The maximum atomic E-state index is 13.7. The molecule has 198 valence electrons. The van der Waals surface area contributed by atoms with E-state index >= 15 is 0 Å². The van der Waals surface area contributed by atoms with Gasteiger partial charge >= 0.3 is 6.09 Å². The first-order valence-corrected chi connectivity index (χ1v) is 12.0. The van der Waals surface area contributed by atoms with Gasteiger partial charge in [-0.15, -0.1) is 24.8 Å². The van der Waals surface area contributed by atoms with Gasteiger partial charge in [-0.2, -0.15) is 0 Å². The van der Waals surface area contributed by atoms with Gasteiger partial charge in [-0.3, -0.25) is 4.90 Å². The molecular formula is C28H31Cl2F2N3O2. The molecule has 2 atom stereocenters. The Bertz CT molecular complexity index is 1090. The van der Waals surface area contributed by atoms with Crippen LogP contribution in [-0.2, 0) is 11.3 Å². The minimum Gasteiger partial charge on any atom is -0.445 e. The van der Waals surface area contributed by atoms with E-state index in [1.54, 1.807) is 4.90 Å². The van der Waals surface area contributed by atoms with E-state index < -0.39 is 0 Å². The summed E-state index contributed by atoms with van der Waals surface area (Å²) in [6.45, 7) is 3.60. The number of hydrogen-bond donors (Lipinski definition) is 1. The monoisotopic (exact) mass is 549 g/mol. The fourth-order valence-electron chi connectivity index (χ4n) is 5.27. The molecule has 0 aromatic heterocycles. The molecule has 0 spiro atoms. The number of piperazine rings is 2. The summed E-state index contributed by atoms with van der Waals surface area (Å²) >= 11 is 0. The minimum absolute atomic E-state index is 0. The maximum Gasteiger partial charge on any atom is 0.410 e. The Morgan fingerprint density at radius 2 is 1.46 bits per heavy atom. The molecule has 2 aliphatic heterocycles. The number of nitrogens with zero attached hydrogens (tertiary/aromatic N) is 2. The van der Waals surface area contributed by atoms with Crippen LogP contribution in [0.2, 0.25) is 0 Å². The number of carbonyl (C=O) groups excluding carboxylic acids is 1. The minimum atomic E-state index is -0.302. The van der Waals surface area contributed by atoms with Crippen molar-refractivity contribution in [2.45, 2.75) is 24.6 Å². The van der Waals surface area contributed by atoms with Gasteiger partial charge in [0.25, 0.3) is 0 Å². The Labute approximate surface area is 228 Å². The number of rotatable bonds is 5. The number of fused-ring (bicyclic) bond motifs is 1. The van der Waals surface area contributed by atoms with Crippen molar-refractivity contribution in [3.05, 3.63) is 107 Å². The van der Waals surface area contributed by atoms with Gasteiger partial charge in [0.1, 0.15) is 18.2 Å². The lowest BCUT2D eigenvalue weighted by molar-refractivity contribution is 0.00850. The Morgan fingerprint density at radius 3 is 2.05 bits per heavy atom.